The van der Waals surface area contributed by atoms with Crippen LogP contribution in [0.3, 0.4) is 0 Å². The van der Waals surface area contributed by atoms with Crippen molar-refractivity contribution in [2.24, 2.45) is 5.41 Å². The second kappa shape index (κ2) is 5.55. The zero-order chi connectivity index (χ0) is 12.9. The zero-order valence-corrected chi connectivity index (χ0v) is 9.52. The predicted molar refractivity (Wildman–Crippen MR) is 56.4 cm³/mol. The van der Waals surface area contributed by atoms with E-state index < -0.39 is 29.7 Å². The van der Waals surface area contributed by atoms with Gasteiger partial charge >= 0.3 is 12.2 Å². The van der Waals surface area contributed by atoms with Gasteiger partial charge in [-0.3, -0.25) is 0 Å². The molecule has 0 saturated carbocycles. The summed E-state index contributed by atoms with van der Waals surface area (Å²) in [7, 11) is 0. The molecule has 0 aromatic carbocycles. The quantitative estimate of drug-likeness (QED) is 0.479. The molecule has 2 amide bonds. The SMILES string of the molecule is CC(C)(C)C(NC(=O)O)C(O)CNC(=O)O. The van der Waals surface area contributed by atoms with Crippen LogP contribution in [0, 0.1) is 5.41 Å². The van der Waals surface area contributed by atoms with Gasteiger partial charge in [0.1, 0.15) is 0 Å². The number of hydrogen-bond acceptors (Lipinski definition) is 3. The molecule has 5 N–H and O–H groups in total. The van der Waals surface area contributed by atoms with E-state index in [1.54, 1.807) is 20.8 Å². The van der Waals surface area contributed by atoms with Crippen molar-refractivity contribution >= 4 is 12.2 Å². The molecule has 16 heavy (non-hydrogen) atoms. The van der Waals surface area contributed by atoms with Gasteiger partial charge in [-0.1, -0.05) is 20.8 Å². The first kappa shape index (κ1) is 14.5. The molecule has 0 bridgehead atoms. The number of rotatable bonds is 4. The Morgan fingerprint density at radius 1 is 1.19 bits per heavy atom. The molecule has 0 heterocycles. The summed E-state index contributed by atoms with van der Waals surface area (Å²) in [4.78, 5) is 20.8. The van der Waals surface area contributed by atoms with E-state index in [4.69, 9.17) is 10.2 Å². The van der Waals surface area contributed by atoms with Gasteiger partial charge < -0.3 is 26.0 Å². The maximum Gasteiger partial charge on any atom is 0.404 e. The summed E-state index contributed by atoms with van der Waals surface area (Å²) in [6, 6.07) is -0.753. The first-order valence-corrected chi connectivity index (χ1v) is 4.79. The monoisotopic (exact) mass is 234 g/mol. The van der Waals surface area contributed by atoms with Gasteiger partial charge in [0.2, 0.25) is 0 Å². The van der Waals surface area contributed by atoms with E-state index in [2.05, 4.69) is 5.32 Å². The molecule has 0 aliphatic rings. The van der Waals surface area contributed by atoms with E-state index in [-0.39, 0.29) is 6.54 Å². The van der Waals surface area contributed by atoms with E-state index in [0.717, 1.165) is 0 Å². The Hall–Kier alpha value is -1.50. The lowest BCUT2D eigenvalue weighted by Gasteiger charge is -2.34. The first-order chi connectivity index (χ1) is 7.14. The fourth-order valence-electron chi connectivity index (χ4n) is 1.33. The average molecular weight is 234 g/mol. The van der Waals surface area contributed by atoms with Crippen LogP contribution < -0.4 is 10.6 Å². The second-order valence-electron chi connectivity index (χ2n) is 4.55. The van der Waals surface area contributed by atoms with Crippen LogP contribution in [0.15, 0.2) is 0 Å². The summed E-state index contributed by atoms with van der Waals surface area (Å²) in [5.41, 5.74) is -0.516. The van der Waals surface area contributed by atoms with Gasteiger partial charge in [-0.15, -0.1) is 0 Å². The molecule has 0 fully saturated rings. The highest BCUT2D eigenvalue weighted by Crippen LogP contribution is 2.21. The highest BCUT2D eigenvalue weighted by molar-refractivity contribution is 5.65. The molecular weight excluding hydrogens is 216 g/mol. The maximum absolute atomic E-state index is 10.5. The van der Waals surface area contributed by atoms with E-state index >= 15 is 0 Å². The minimum Gasteiger partial charge on any atom is -0.465 e. The molecule has 0 spiro atoms. The molecule has 0 aliphatic heterocycles. The van der Waals surface area contributed by atoms with Gasteiger partial charge in [-0.2, -0.15) is 0 Å². The zero-order valence-electron chi connectivity index (χ0n) is 9.52. The summed E-state index contributed by atoms with van der Waals surface area (Å²) >= 11 is 0. The van der Waals surface area contributed by atoms with Gasteiger partial charge in [0.25, 0.3) is 0 Å². The minimum absolute atomic E-state index is 0.225. The lowest BCUT2D eigenvalue weighted by Crippen LogP contribution is -2.54. The van der Waals surface area contributed by atoms with Gasteiger partial charge in [0.15, 0.2) is 0 Å². The van der Waals surface area contributed by atoms with E-state index in [9.17, 15) is 14.7 Å². The third-order valence-corrected chi connectivity index (χ3v) is 2.06. The topological polar surface area (TPSA) is 119 Å². The van der Waals surface area contributed by atoms with Crippen LogP contribution in [0.1, 0.15) is 20.8 Å². The molecule has 94 valence electrons. The molecule has 7 heteroatoms. The van der Waals surface area contributed by atoms with Gasteiger partial charge in [-0.25, -0.2) is 9.59 Å². The molecule has 7 nitrogen and oxygen atoms in total. The number of aliphatic hydroxyl groups is 1. The molecule has 0 saturated heterocycles. The molecule has 0 aromatic rings. The van der Waals surface area contributed by atoms with Gasteiger partial charge in [0, 0.05) is 6.54 Å². The summed E-state index contributed by atoms with van der Waals surface area (Å²) in [6.45, 7) is 5.02. The highest BCUT2D eigenvalue weighted by atomic mass is 16.4. The normalized spacial score (nSPS) is 15.0. The average Bonchev–Trinajstić information content (AvgIpc) is 2.08. The van der Waals surface area contributed by atoms with Gasteiger partial charge in [0.05, 0.1) is 12.1 Å². The highest BCUT2D eigenvalue weighted by Gasteiger charge is 2.32. The van der Waals surface area contributed by atoms with Crippen LogP contribution >= 0.6 is 0 Å². The lowest BCUT2D eigenvalue weighted by molar-refractivity contribution is 0.0681. The number of aliphatic hydroxyl groups excluding tert-OH is 1. The van der Waals surface area contributed by atoms with Crippen molar-refractivity contribution in [1.29, 1.82) is 0 Å². The Morgan fingerprint density at radius 2 is 1.69 bits per heavy atom. The number of carbonyl (C=O) groups is 2. The standard InChI is InChI=1S/C9H18N2O5/c1-9(2,3)6(11-8(15)16)5(12)4-10-7(13)14/h5-6,10-12H,4H2,1-3H3,(H,13,14)(H,15,16). The Kier molecular flexibility index (Phi) is 5.03. The summed E-state index contributed by atoms with van der Waals surface area (Å²) in [6.07, 6.45) is -3.64. The predicted octanol–water partition coefficient (Wildman–Crippen LogP) is 0.297. The van der Waals surface area contributed by atoms with Crippen molar-refractivity contribution in [1.82, 2.24) is 10.6 Å². The van der Waals surface area contributed by atoms with Crippen molar-refractivity contribution in [3.05, 3.63) is 0 Å². The van der Waals surface area contributed by atoms with Crippen molar-refractivity contribution < 1.29 is 24.9 Å². The Balaban J connectivity index is 4.50. The fourth-order valence-corrected chi connectivity index (χ4v) is 1.33. The van der Waals surface area contributed by atoms with E-state index in [1.165, 1.54) is 0 Å². The second-order valence-corrected chi connectivity index (χ2v) is 4.55. The van der Waals surface area contributed by atoms with Crippen molar-refractivity contribution in [3.8, 4) is 0 Å². The number of hydrogen-bond donors (Lipinski definition) is 5. The Bertz CT molecular complexity index is 261. The van der Waals surface area contributed by atoms with Crippen LogP contribution in [0.2, 0.25) is 0 Å². The van der Waals surface area contributed by atoms with E-state index in [1.807, 2.05) is 5.32 Å². The minimum atomic E-state index is -1.26. The Morgan fingerprint density at radius 3 is 2.00 bits per heavy atom. The van der Waals surface area contributed by atoms with Crippen molar-refractivity contribution in [2.45, 2.75) is 32.9 Å². The molecule has 2 atom stereocenters. The van der Waals surface area contributed by atoms with Gasteiger partial charge in [-0.05, 0) is 5.41 Å². The van der Waals surface area contributed by atoms with E-state index in [0.29, 0.717) is 0 Å². The third kappa shape index (κ3) is 5.40. The van der Waals surface area contributed by atoms with Crippen LogP contribution in [0.5, 0.6) is 0 Å². The van der Waals surface area contributed by atoms with Crippen LogP contribution in [-0.4, -0.2) is 46.2 Å². The molecular formula is C9H18N2O5. The maximum atomic E-state index is 10.5. The molecule has 2 unspecified atom stereocenters. The molecule has 0 radical (unpaired) electrons. The van der Waals surface area contributed by atoms with Crippen molar-refractivity contribution in [3.63, 3.8) is 0 Å². The first-order valence-electron chi connectivity index (χ1n) is 4.79. The summed E-state index contributed by atoms with van der Waals surface area (Å²) < 4.78 is 0. The smallest absolute Gasteiger partial charge is 0.404 e. The number of nitrogens with one attached hydrogen (secondary N) is 2. The van der Waals surface area contributed by atoms with Crippen molar-refractivity contribution in [2.75, 3.05) is 6.54 Å². The number of carboxylic acid groups (broad SMARTS) is 2. The fraction of sp³-hybridized carbons (Fsp3) is 0.778. The molecule has 0 rings (SSSR count). The number of amides is 2. The lowest BCUT2D eigenvalue weighted by atomic mass is 9.83. The van der Waals surface area contributed by atoms with Crippen LogP contribution in [0.4, 0.5) is 9.59 Å². The Labute approximate surface area is 93.5 Å². The molecule has 0 aromatic heterocycles. The van der Waals surface area contributed by atoms with Crippen LogP contribution in [0.25, 0.3) is 0 Å². The third-order valence-electron chi connectivity index (χ3n) is 2.06. The molecule has 0 aliphatic carbocycles. The largest absolute Gasteiger partial charge is 0.465 e. The summed E-state index contributed by atoms with van der Waals surface area (Å²) in [5.74, 6) is 0. The van der Waals surface area contributed by atoms with Crippen LogP contribution in [-0.2, 0) is 0 Å². The summed E-state index contributed by atoms with van der Waals surface area (Å²) in [5, 5.41) is 30.9.